The minimum Gasteiger partial charge on any atom is -0.467 e. The van der Waals surface area contributed by atoms with E-state index in [0.717, 1.165) is 4.90 Å². The maximum atomic E-state index is 13.7. The van der Waals surface area contributed by atoms with Gasteiger partial charge in [0.15, 0.2) is 0 Å². The Morgan fingerprint density at radius 3 is 2.00 bits per heavy atom. The second kappa shape index (κ2) is 13.2. The fourth-order valence-corrected chi connectivity index (χ4v) is 3.69. The maximum absolute atomic E-state index is 13.7. The SMILES string of the molecule is COC(=O)[C@H](CC(C)C)N(C)C(=O)C(C(O)c1ccccc1)N(C)C(=O)[C@H](C)NC(=O)OC(C)(C)C. The van der Waals surface area contributed by atoms with E-state index < -0.39 is 53.7 Å². The molecule has 0 spiro atoms. The van der Waals surface area contributed by atoms with Crippen LogP contribution in [0.15, 0.2) is 30.3 Å². The Bertz CT molecular complexity index is 899. The smallest absolute Gasteiger partial charge is 0.408 e. The highest BCUT2D eigenvalue weighted by Crippen LogP contribution is 2.24. The number of aliphatic hydroxyl groups is 1. The van der Waals surface area contributed by atoms with Crippen LogP contribution in [0.4, 0.5) is 4.79 Å². The van der Waals surface area contributed by atoms with Gasteiger partial charge in [-0.05, 0) is 45.6 Å². The van der Waals surface area contributed by atoms with Crippen LogP contribution in [0.3, 0.4) is 0 Å². The molecule has 0 aromatic heterocycles. The molecule has 4 atom stereocenters. The van der Waals surface area contributed by atoms with Crippen molar-refractivity contribution in [3.05, 3.63) is 35.9 Å². The van der Waals surface area contributed by atoms with Crippen molar-refractivity contribution in [2.75, 3.05) is 21.2 Å². The highest BCUT2D eigenvalue weighted by molar-refractivity contribution is 5.93. The normalized spacial score (nSPS) is 14.8. The van der Waals surface area contributed by atoms with Crippen molar-refractivity contribution in [2.24, 2.45) is 5.92 Å². The molecule has 0 bridgehead atoms. The Labute approximate surface area is 213 Å². The molecule has 1 rings (SSSR count). The van der Waals surface area contributed by atoms with Crippen molar-refractivity contribution in [3.8, 4) is 0 Å². The van der Waals surface area contributed by atoms with E-state index in [-0.39, 0.29) is 5.92 Å². The van der Waals surface area contributed by atoms with E-state index in [9.17, 15) is 24.3 Å². The van der Waals surface area contributed by atoms with Gasteiger partial charge in [-0.25, -0.2) is 9.59 Å². The molecule has 0 heterocycles. The Morgan fingerprint density at radius 2 is 1.53 bits per heavy atom. The topological polar surface area (TPSA) is 125 Å². The van der Waals surface area contributed by atoms with Crippen LogP contribution >= 0.6 is 0 Å². The summed E-state index contributed by atoms with van der Waals surface area (Å²) in [5.41, 5.74) is -0.349. The van der Waals surface area contributed by atoms with Crippen molar-refractivity contribution in [3.63, 3.8) is 0 Å². The molecule has 0 aliphatic carbocycles. The molecule has 0 aliphatic heterocycles. The third-order valence-corrected chi connectivity index (χ3v) is 5.54. The standard InChI is InChI=1S/C26H41N3O7/c1-16(2)15-19(24(33)35-9)28(7)23(32)20(21(30)18-13-11-10-12-14-18)29(8)22(31)17(3)27-25(34)36-26(4,5)6/h10-14,16-17,19-21,30H,15H2,1-9H3,(H,27,34)/t17-,19-,20?,21?/m0/s1. The second-order valence-electron chi connectivity index (χ2n) is 10.2. The number of nitrogens with zero attached hydrogens (tertiary/aromatic N) is 2. The van der Waals surface area contributed by atoms with E-state index in [1.807, 2.05) is 13.8 Å². The number of esters is 1. The molecule has 0 radical (unpaired) electrons. The molecular formula is C26H41N3O7. The summed E-state index contributed by atoms with van der Waals surface area (Å²) in [6.45, 7) is 10.4. The largest absolute Gasteiger partial charge is 0.467 e. The zero-order valence-corrected chi connectivity index (χ0v) is 22.8. The van der Waals surface area contributed by atoms with Gasteiger partial charge in [0.2, 0.25) is 11.8 Å². The number of hydrogen-bond acceptors (Lipinski definition) is 7. The average molecular weight is 508 g/mol. The van der Waals surface area contributed by atoms with Crippen LogP contribution in [0, 0.1) is 5.92 Å². The van der Waals surface area contributed by atoms with E-state index in [4.69, 9.17) is 9.47 Å². The summed E-state index contributed by atoms with van der Waals surface area (Å²) in [6, 6.07) is 5.09. The quantitative estimate of drug-likeness (QED) is 0.466. The number of carbonyl (C=O) groups excluding carboxylic acids is 4. The summed E-state index contributed by atoms with van der Waals surface area (Å²) in [5, 5.41) is 13.7. The molecule has 10 nitrogen and oxygen atoms in total. The minimum absolute atomic E-state index is 0.0688. The van der Waals surface area contributed by atoms with E-state index in [1.165, 1.54) is 33.0 Å². The Kier molecular flexibility index (Phi) is 11.4. The zero-order valence-electron chi connectivity index (χ0n) is 22.8. The lowest BCUT2D eigenvalue weighted by molar-refractivity contribution is -0.158. The molecule has 36 heavy (non-hydrogen) atoms. The van der Waals surface area contributed by atoms with Crippen LogP contribution in [-0.2, 0) is 23.9 Å². The van der Waals surface area contributed by atoms with E-state index in [2.05, 4.69) is 5.32 Å². The number of nitrogens with one attached hydrogen (secondary N) is 1. The molecule has 1 aromatic rings. The number of alkyl carbamates (subject to hydrolysis) is 1. The Balaban J connectivity index is 3.32. The summed E-state index contributed by atoms with van der Waals surface area (Å²) in [4.78, 5) is 54.0. The number of ether oxygens (including phenoxy) is 2. The molecule has 10 heteroatoms. The summed E-state index contributed by atoms with van der Waals surface area (Å²) < 4.78 is 10.1. The molecule has 1 aromatic carbocycles. The van der Waals surface area contributed by atoms with Gasteiger partial charge in [0.1, 0.15) is 29.8 Å². The Hall–Kier alpha value is -3.14. The third kappa shape index (κ3) is 8.82. The number of benzene rings is 1. The first-order chi connectivity index (χ1) is 16.6. The zero-order chi connectivity index (χ0) is 27.8. The summed E-state index contributed by atoms with van der Waals surface area (Å²) in [7, 11) is 4.05. The number of methoxy groups -OCH3 is 1. The first-order valence-corrected chi connectivity index (χ1v) is 11.9. The van der Waals surface area contributed by atoms with Gasteiger partial charge in [-0.2, -0.15) is 0 Å². The lowest BCUT2D eigenvalue weighted by Crippen LogP contribution is -2.58. The molecule has 0 saturated carbocycles. The number of rotatable bonds is 10. The van der Waals surface area contributed by atoms with Gasteiger partial charge in [0, 0.05) is 14.1 Å². The number of amides is 3. The molecule has 0 aliphatic rings. The molecule has 0 saturated heterocycles. The Morgan fingerprint density at radius 1 is 0.972 bits per heavy atom. The van der Waals surface area contributed by atoms with Crippen LogP contribution in [0.25, 0.3) is 0 Å². The van der Waals surface area contributed by atoms with Gasteiger partial charge in [-0.1, -0.05) is 44.2 Å². The van der Waals surface area contributed by atoms with Crippen LogP contribution in [0.2, 0.25) is 0 Å². The fraction of sp³-hybridized carbons (Fsp3) is 0.615. The predicted octanol–water partition coefficient (Wildman–Crippen LogP) is 2.51. The van der Waals surface area contributed by atoms with E-state index >= 15 is 0 Å². The monoisotopic (exact) mass is 507 g/mol. The van der Waals surface area contributed by atoms with Gasteiger partial charge < -0.3 is 29.7 Å². The third-order valence-electron chi connectivity index (χ3n) is 5.54. The highest BCUT2D eigenvalue weighted by atomic mass is 16.6. The predicted molar refractivity (Wildman–Crippen MR) is 135 cm³/mol. The van der Waals surface area contributed by atoms with Gasteiger partial charge in [0.25, 0.3) is 0 Å². The van der Waals surface area contributed by atoms with Crippen LogP contribution in [0.1, 0.15) is 59.6 Å². The van der Waals surface area contributed by atoms with E-state index in [0.29, 0.717) is 12.0 Å². The molecule has 0 fully saturated rings. The number of carbonyl (C=O) groups is 4. The lowest BCUT2D eigenvalue weighted by Gasteiger charge is -2.37. The minimum atomic E-state index is -1.40. The van der Waals surface area contributed by atoms with Crippen molar-refractivity contribution in [1.82, 2.24) is 15.1 Å². The van der Waals surface area contributed by atoms with Crippen molar-refractivity contribution < 1.29 is 33.8 Å². The first-order valence-electron chi connectivity index (χ1n) is 11.9. The highest BCUT2D eigenvalue weighted by Gasteiger charge is 2.41. The van der Waals surface area contributed by atoms with Crippen LogP contribution < -0.4 is 5.32 Å². The molecule has 2 N–H and O–H groups in total. The van der Waals surface area contributed by atoms with Crippen molar-refractivity contribution in [2.45, 2.75) is 77.8 Å². The van der Waals surface area contributed by atoms with Gasteiger partial charge in [0.05, 0.1) is 7.11 Å². The molecule has 2 unspecified atom stereocenters. The molecule has 202 valence electrons. The van der Waals surface area contributed by atoms with E-state index in [1.54, 1.807) is 51.1 Å². The molecular weight excluding hydrogens is 466 g/mol. The molecule has 3 amide bonds. The summed E-state index contributed by atoms with van der Waals surface area (Å²) in [6.07, 6.45) is -1.86. The maximum Gasteiger partial charge on any atom is 0.408 e. The van der Waals surface area contributed by atoms with Crippen LogP contribution in [0.5, 0.6) is 0 Å². The van der Waals surface area contributed by atoms with Gasteiger partial charge in [-0.15, -0.1) is 0 Å². The van der Waals surface area contributed by atoms with Crippen LogP contribution in [-0.4, -0.2) is 83.7 Å². The summed E-state index contributed by atoms with van der Waals surface area (Å²) in [5.74, 6) is -1.80. The van der Waals surface area contributed by atoms with Gasteiger partial charge >= 0.3 is 12.1 Å². The number of hydrogen-bond donors (Lipinski definition) is 2. The van der Waals surface area contributed by atoms with Crippen molar-refractivity contribution >= 4 is 23.9 Å². The first kappa shape index (κ1) is 30.9. The number of likely N-dealkylation sites (N-methyl/N-ethyl adjacent to an activating group) is 2. The second-order valence-corrected chi connectivity index (χ2v) is 10.2. The number of aliphatic hydroxyl groups excluding tert-OH is 1. The van der Waals surface area contributed by atoms with Crippen molar-refractivity contribution in [1.29, 1.82) is 0 Å². The summed E-state index contributed by atoms with van der Waals surface area (Å²) >= 11 is 0. The lowest BCUT2D eigenvalue weighted by atomic mass is 9.97. The average Bonchev–Trinajstić information content (AvgIpc) is 2.79. The van der Waals surface area contributed by atoms with Gasteiger partial charge in [-0.3, -0.25) is 9.59 Å². The fourth-order valence-electron chi connectivity index (χ4n) is 3.69.